The number of nitrogens with zero attached hydrogens (tertiary/aromatic N) is 1. The first kappa shape index (κ1) is 13.4. The van der Waals surface area contributed by atoms with Gasteiger partial charge in [0.05, 0.1) is 5.54 Å². The van der Waals surface area contributed by atoms with Crippen molar-refractivity contribution in [3.8, 4) is 0 Å². The molecule has 2 unspecified atom stereocenters. The molecule has 0 spiro atoms. The van der Waals surface area contributed by atoms with Gasteiger partial charge in [-0.15, -0.1) is 0 Å². The van der Waals surface area contributed by atoms with E-state index in [0.29, 0.717) is 12.6 Å². The number of benzene rings is 1. The maximum atomic E-state index is 6.05. The predicted octanol–water partition coefficient (Wildman–Crippen LogP) is 2.19. The van der Waals surface area contributed by atoms with Gasteiger partial charge in [-0.1, -0.05) is 18.2 Å². The Kier molecular flexibility index (Phi) is 3.93. The molecule has 3 nitrogen and oxygen atoms in total. The largest absolute Gasteiger partial charge is 0.385 e. The molecule has 1 aliphatic heterocycles. The van der Waals surface area contributed by atoms with E-state index in [4.69, 9.17) is 10.5 Å². The topological polar surface area (TPSA) is 38.5 Å². The number of rotatable bonds is 5. The summed E-state index contributed by atoms with van der Waals surface area (Å²) in [7, 11) is 1.75. The summed E-state index contributed by atoms with van der Waals surface area (Å²) in [5.41, 5.74) is 8.80. The van der Waals surface area contributed by atoms with E-state index in [9.17, 15) is 0 Å². The zero-order valence-corrected chi connectivity index (χ0v) is 11.6. The summed E-state index contributed by atoms with van der Waals surface area (Å²) in [6, 6.07) is 9.16. The van der Waals surface area contributed by atoms with Crippen LogP contribution in [-0.2, 0) is 11.2 Å². The monoisotopic (exact) mass is 248 g/mol. The molecule has 0 saturated carbocycles. The van der Waals surface area contributed by atoms with Gasteiger partial charge in [-0.05, 0) is 38.3 Å². The molecule has 0 aromatic heterocycles. The van der Waals surface area contributed by atoms with Crippen molar-refractivity contribution in [3.05, 3.63) is 29.8 Å². The maximum Gasteiger partial charge on any atom is 0.0521 e. The molecule has 0 bridgehead atoms. The lowest BCUT2D eigenvalue weighted by Gasteiger charge is -2.43. The molecule has 1 aromatic carbocycles. The number of nitrogens with two attached hydrogens (primary N) is 1. The van der Waals surface area contributed by atoms with Crippen molar-refractivity contribution in [1.29, 1.82) is 0 Å². The Balaban J connectivity index is 2.30. The molecule has 0 aliphatic carbocycles. The summed E-state index contributed by atoms with van der Waals surface area (Å²) in [5.74, 6) is 0. The quantitative estimate of drug-likeness (QED) is 0.868. The number of para-hydroxylation sites is 1. The molecular formula is C15H24N2O. The van der Waals surface area contributed by atoms with E-state index >= 15 is 0 Å². The minimum Gasteiger partial charge on any atom is -0.385 e. The Bertz CT molecular complexity index is 407. The lowest BCUT2D eigenvalue weighted by atomic mass is 9.94. The third kappa shape index (κ3) is 2.25. The fraction of sp³-hybridized carbons (Fsp3) is 0.600. The third-order valence-corrected chi connectivity index (χ3v) is 4.07. The van der Waals surface area contributed by atoms with Crippen LogP contribution in [0.3, 0.4) is 0 Å². The van der Waals surface area contributed by atoms with Crippen LogP contribution in [0.4, 0.5) is 5.69 Å². The molecule has 0 saturated heterocycles. The molecule has 0 radical (unpaired) electrons. The van der Waals surface area contributed by atoms with Gasteiger partial charge in [-0.25, -0.2) is 0 Å². The average molecular weight is 248 g/mol. The van der Waals surface area contributed by atoms with Crippen LogP contribution in [0, 0.1) is 0 Å². The number of hydrogen-bond acceptors (Lipinski definition) is 3. The molecule has 18 heavy (non-hydrogen) atoms. The molecule has 2 N–H and O–H groups in total. The minimum absolute atomic E-state index is 0.0258. The number of ether oxygens (including phenoxy) is 1. The van der Waals surface area contributed by atoms with Gasteiger partial charge in [0.25, 0.3) is 0 Å². The van der Waals surface area contributed by atoms with Crippen LogP contribution in [0.5, 0.6) is 0 Å². The van der Waals surface area contributed by atoms with Crippen LogP contribution >= 0.6 is 0 Å². The van der Waals surface area contributed by atoms with E-state index in [1.54, 1.807) is 7.11 Å². The normalized spacial score (nSPS) is 21.8. The van der Waals surface area contributed by atoms with Gasteiger partial charge in [0.2, 0.25) is 0 Å². The Morgan fingerprint density at radius 2 is 2.17 bits per heavy atom. The summed E-state index contributed by atoms with van der Waals surface area (Å²) < 4.78 is 5.24. The van der Waals surface area contributed by atoms with Crippen molar-refractivity contribution >= 4 is 5.69 Å². The summed E-state index contributed by atoms with van der Waals surface area (Å²) >= 11 is 0. The van der Waals surface area contributed by atoms with Gasteiger partial charge >= 0.3 is 0 Å². The molecular weight excluding hydrogens is 224 g/mol. The molecule has 1 heterocycles. The van der Waals surface area contributed by atoms with Crippen LogP contribution in [0.25, 0.3) is 0 Å². The van der Waals surface area contributed by atoms with E-state index in [1.165, 1.54) is 11.3 Å². The molecule has 0 fully saturated rings. The van der Waals surface area contributed by atoms with Gasteiger partial charge in [0.15, 0.2) is 0 Å². The van der Waals surface area contributed by atoms with Gasteiger partial charge in [-0.3, -0.25) is 0 Å². The molecule has 0 amide bonds. The highest BCUT2D eigenvalue weighted by molar-refractivity contribution is 5.61. The molecule has 2 atom stereocenters. The van der Waals surface area contributed by atoms with Crippen LogP contribution < -0.4 is 10.6 Å². The first-order chi connectivity index (χ1) is 8.62. The van der Waals surface area contributed by atoms with Crippen molar-refractivity contribution in [2.45, 2.75) is 38.3 Å². The fourth-order valence-electron chi connectivity index (χ4n) is 3.03. The fourth-order valence-corrected chi connectivity index (χ4v) is 3.03. The van der Waals surface area contributed by atoms with E-state index in [0.717, 1.165) is 19.4 Å². The lowest BCUT2D eigenvalue weighted by molar-refractivity contribution is 0.168. The predicted molar refractivity (Wildman–Crippen MR) is 76.0 cm³/mol. The van der Waals surface area contributed by atoms with E-state index < -0.39 is 0 Å². The minimum atomic E-state index is -0.0258. The summed E-state index contributed by atoms with van der Waals surface area (Å²) in [6.07, 6.45) is 2.07. The average Bonchev–Trinajstić information content (AvgIpc) is 2.72. The van der Waals surface area contributed by atoms with Crippen molar-refractivity contribution in [2.24, 2.45) is 5.73 Å². The second-order valence-electron chi connectivity index (χ2n) is 5.50. The van der Waals surface area contributed by atoms with E-state index in [2.05, 4.69) is 43.0 Å². The zero-order chi connectivity index (χ0) is 13.2. The highest BCUT2D eigenvalue weighted by atomic mass is 16.5. The Morgan fingerprint density at radius 1 is 1.44 bits per heavy atom. The first-order valence-electron chi connectivity index (χ1n) is 6.68. The second-order valence-corrected chi connectivity index (χ2v) is 5.50. The highest BCUT2D eigenvalue weighted by Crippen LogP contribution is 2.38. The van der Waals surface area contributed by atoms with Gasteiger partial charge in [0, 0.05) is 32.0 Å². The summed E-state index contributed by atoms with van der Waals surface area (Å²) in [4.78, 5) is 2.49. The second kappa shape index (κ2) is 5.29. The third-order valence-electron chi connectivity index (χ3n) is 4.07. The highest BCUT2D eigenvalue weighted by Gasteiger charge is 2.38. The molecule has 1 aliphatic rings. The maximum absolute atomic E-state index is 6.05. The lowest BCUT2D eigenvalue weighted by Crippen LogP contribution is -2.54. The van der Waals surface area contributed by atoms with Crippen molar-refractivity contribution in [3.63, 3.8) is 0 Å². The SMILES string of the molecule is COCCC(C)(CN)N1c2ccccc2CC1C. The summed E-state index contributed by atoms with van der Waals surface area (Å²) in [6.45, 7) is 5.92. The standard InChI is InChI=1S/C15H24N2O/c1-12-10-13-6-4-5-7-14(13)17(12)15(2,11-16)8-9-18-3/h4-7,12H,8-11,16H2,1-3H3. The van der Waals surface area contributed by atoms with Crippen molar-refractivity contribution < 1.29 is 4.74 Å². The number of fused-ring (bicyclic) bond motifs is 1. The van der Waals surface area contributed by atoms with Crippen molar-refractivity contribution in [2.75, 3.05) is 25.2 Å². The van der Waals surface area contributed by atoms with Gasteiger partial charge < -0.3 is 15.4 Å². The van der Waals surface area contributed by atoms with Gasteiger partial charge in [-0.2, -0.15) is 0 Å². The van der Waals surface area contributed by atoms with Gasteiger partial charge in [0.1, 0.15) is 0 Å². The van der Waals surface area contributed by atoms with Crippen LogP contribution in [-0.4, -0.2) is 31.8 Å². The molecule has 100 valence electrons. The summed E-state index contributed by atoms with van der Waals surface area (Å²) in [5, 5.41) is 0. The zero-order valence-electron chi connectivity index (χ0n) is 11.6. The first-order valence-corrected chi connectivity index (χ1v) is 6.68. The Hall–Kier alpha value is -1.06. The van der Waals surface area contributed by atoms with Crippen LogP contribution in [0.15, 0.2) is 24.3 Å². The van der Waals surface area contributed by atoms with Crippen molar-refractivity contribution in [1.82, 2.24) is 0 Å². The van der Waals surface area contributed by atoms with Crippen LogP contribution in [0.1, 0.15) is 25.8 Å². The molecule has 3 heteroatoms. The van der Waals surface area contributed by atoms with Crippen LogP contribution in [0.2, 0.25) is 0 Å². The number of methoxy groups -OCH3 is 1. The number of hydrogen-bond donors (Lipinski definition) is 1. The van der Waals surface area contributed by atoms with E-state index in [-0.39, 0.29) is 5.54 Å². The van der Waals surface area contributed by atoms with E-state index in [1.807, 2.05) is 0 Å². The Morgan fingerprint density at radius 3 is 2.83 bits per heavy atom. The smallest absolute Gasteiger partial charge is 0.0521 e. The number of anilines is 1. The Labute approximate surface area is 110 Å². The molecule has 2 rings (SSSR count). The molecule has 1 aromatic rings.